The summed E-state index contributed by atoms with van der Waals surface area (Å²) in [6.45, 7) is 0. The maximum atomic E-state index is 11.2. The minimum atomic E-state index is -0.0919. The summed E-state index contributed by atoms with van der Waals surface area (Å²) in [5, 5.41) is 0. The van der Waals surface area contributed by atoms with E-state index < -0.39 is 0 Å². The third-order valence-corrected chi connectivity index (χ3v) is 6.64. The summed E-state index contributed by atoms with van der Waals surface area (Å²) in [5.74, 6) is 0.643. The molecule has 6 heteroatoms. The topological polar surface area (TPSA) is 52.6 Å². The van der Waals surface area contributed by atoms with Gasteiger partial charge in [-0.3, -0.25) is 9.59 Å². The molecule has 4 nitrogen and oxygen atoms in total. The van der Waals surface area contributed by atoms with E-state index in [1.807, 2.05) is 36.4 Å². The molecule has 2 aliphatic rings. The Labute approximate surface area is 181 Å². The number of esters is 2. The molecule has 2 aliphatic carbocycles. The molecular weight excluding hydrogens is 488 g/mol. The number of benzene rings is 2. The highest BCUT2D eigenvalue weighted by atomic mass is 79.9. The Kier molecular flexibility index (Phi) is 6.94. The van der Waals surface area contributed by atoms with Gasteiger partial charge in [0.15, 0.2) is 0 Å². The molecular formula is C22H22Br2O4. The number of carbonyl (C=O) groups excluding carboxylic acids is 2. The third-order valence-electron chi connectivity index (χ3n) is 5.20. The molecule has 4 rings (SSSR count). The fourth-order valence-corrected chi connectivity index (χ4v) is 4.61. The molecule has 0 N–H and O–H groups in total. The quantitative estimate of drug-likeness (QED) is 0.514. The molecule has 0 radical (unpaired) electrons. The van der Waals surface area contributed by atoms with Crippen LogP contribution in [0.4, 0.5) is 0 Å². The van der Waals surface area contributed by atoms with Gasteiger partial charge in [0.1, 0.15) is 0 Å². The summed E-state index contributed by atoms with van der Waals surface area (Å²) >= 11 is 6.97. The lowest BCUT2D eigenvalue weighted by Gasteiger charge is -2.02. The van der Waals surface area contributed by atoms with E-state index in [1.54, 1.807) is 0 Å². The predicted octanol–water partition coefficient (Wildman–Crippen LogP) is 5.45. The number of hydrogen-bond donors (Lipinski definition) is 0. The van der Waals surface area contributed by atoms with E-state index in [-0.39, 0.29) is 23.8 Å². The van der Waals surface area contributed by atoms with Crippen LogP contribution in [0.3, 0.4) is 0 Å². The first kappa shape index (κ1) is 21.1. The van der Waals surface area contributed by atoms with Crippen LogP contribution in [0.15, 0.2) is 57.5 Å². The number of rotatable bonds is 4. The van der Waals surface area contributed by atoms with E-state index in [2.05, 4.69) is 44.0 Å². The lowest BCUT2D eigenvalue weighted by molar-refractivity contribution is -0.143. The fraction of sp³-hybridized carbons (Fsp3) is 0.364. The summed E-state index contributed by atoms with van der Waals surface area (Å²) in [7, 11) is 2.88. The van der Waals surface area contributed by atoms with Gasteiger partial charge in [-0.1, -0.05) is 68.3 Å². The molecule has 148 valence electrons. The number of ether oxygens (including phenoxy) is 2. The molecule has 0 bridgehead atoms. The number of carbonyl (C=O) groups is 2. The second-order valence-electron chi connectivity index (χ2n) is 6.99. The van der Waals surface area contributed by atoms with Gasteiger partial charge in [0.25, 0.3) is 0 Å². The monoisotopic (exact) mass is 508 g/mol. The molecule has 0 aromatic heterocycles. The van der Waals surface area contributed by atoms with Gasteiger partial charge in [-0.05, 0) is 47.9 Å². The second-order valence-corrected chi connectivity index (χ2v) is 8.70. The molecule has 4 unspecified atom stereocenters. The molecule has 4 atom stereocenters. The standard InChI is InChI=1S/2C11H11BrO2/c2*1-14-11(13)9-6-8(9)7-4-2-3-5-10(7)12/h2*2-5,8-9H,6H2,1H3. The van der Waals surface area contributed by atoms with E-state index in [1.165, 1.54) is 25.3 Å². The molecule has 0 aliphatic heterocycles. The summed E-state index contributed by atoms with van der Waals surface area (Å²) < 4.78 is 11.6. The maximum Gasteiger partial charge on any atom is 0.309 e. The van der Waals surface area contributed by atoms with Crippen LogP contribution in [0.1, 0.15) is 35.8 Å². The van der Waals surface area contributed by atoms with Gasteiger partial charge in [-0.25, -0.2) is 0 Å². The van der Waals surface area contributed by atoms with Crippen LogP contribution in [-0.2, 0) is 19.1 Å². The normalized spacial score (nSPS) is 24.4. The SMILES string of the molecule is COC(=O)C1CC1c1ccccc1Br.COC(=O)C1CC1c1ccccc1Br. The van der Waals surface area contributed by atoms with Crippen molar-refractivity contribution in [2.45, 2.75) is 24.7 Å². The van der Waals surface area contributed by atoms with Crippen LogP contribution in [0.2, 0.25) is 0 Å². The van der Waals surface area contributed by atoms with Crippen molar-refractivity contribution in [2.24, 2.45) is 11.8 Å². The Morgan fingerprint density at radius 1 is 0.750 bits per heavy atom. The van der Waals surface area contributed by atoms with E-state index in [4.69, 9.17) is 9.47 Å². The van der Waals surface area contributed by atoms with Crippen molar-refractivity contribution < 1.29 is 19.1 Å². The van der Waals surface area contributed by atoms with Crippen molar-refractivity contribution >= 4 is 43.8 Å². The van der Waals surface area contributed by atoms with Gasteiger partial charge in [0, 0.05) is 8.95 Å². The highest BCUT2D eigenvalue weighted by Gasteiger charge is 2.46. The first-order chi connectivity index (χ1) is 13.5. The van der Waals surface area contributed by atoms with Crippen LogP contribution in [0.5, 0.6) is 0 Å². The minimum Gasteiger partial charge on any atom is -0.469 e. The molecule has 0 amide bonds. The van der Waals surface area contributed by atoms with Gasteiger partial charge < -0.3 is 9.47 Å². The average Bonchev–Trinajstić information content (AvgIpc) is 3.62. The van der Waals surface area contributed by atoms with E-state index >= 15 is 0 Å². The molecule has 0 saturated heterocycles. The highest BCUT2D eigenvalue weighted by molar-refractivity contribution is 9.10. The van der Waals surface area contributed by atoms with Gasteiger partial charge in [0.2, 0.25) is 0 Å². The van der Waals surface area contributed by atoms with Gasteiger partial charge in [-0.2, -0.15) is 0 Å². The number of methoxy groups -OCH3 is 2. The van der Waals surface area contributed by atoms with E-state index in [0.29, 0.717) is 11.8 Å². The van der Waals surface area contributed by atoms with Crippen molar-refractivity contribution in [2.75, 3.05) is 14.2 Å². The molecule has 0 spiro atoms. The van der Waals surface area contributed by atoms with Crippen molar-refractivity contribution in [1.29, 1.82) is 0 Å². The third kappa shape index (κ3) is 4.84. The maximum absolute atomic E-state index is 11.2. The summed E-state index contributed by atoms with van der Waals surface area (Å²) in [6.07, 6.45) is 1.82. The van der Waals surface area contributed by atoms with Crippen molar-refractivity contribution in [1.82, 2.24) is 0 Å². The van der Waals surface area contributed by atoms with E-state index in [9.17, 15) is 9.59 Å². The highest BCUT2D eigenvalue weighted by Crippen LogP contribution is 2.50. The zero-order chi connectivity index (χ0) is 20.3. The first-order valence-electron chi connectivity index (χ1n) is 9.12. The lowest BCUT2D eigenvalue weighted by Crippen LogP contribution is -2.03. The van der Waals surface area contributed by atoms with Crippen molar-refractivity contribution in [3.63, 3.8) is 0 Å². The lowest BCUT2D eigenvalue weighted by atomic mass is 10.1. The van der Waals surface area contributed by atoms with Crippen LogP contribution >= 0.6 is 31.9 Å². The average molecular weight is 510 g/mol. The zero-order valence-electron chi connectivity index (χ0n) is 15.7. The largest absolute Gasteiger partial charge is 0.469 e. The van der Waals surface area contributed by atoms with Gasteiger partial charge in [0.05, 0.1) is 26.1 Å². The van der Waals surface area contributed by atoms with Crippen LogP contribution < -0.4 is 0 Å². The Bertz CT molecular complexity index is 796. The Morgan fingerprint density at radius 2 is 1.11 bits per heavy atom. The summed E-state index contributed by atoms with van der Waals surface area (Å²) in [5.41, 5.74) is 2.42. The van der Waals surface area contributed by atoms with Crippen LogP contribution in [0.25, 0.3) is 0 Å². The predicted molar refractivity (Wildman–Crippen MR) is 114 cm³/mol. The number of halogens is 2. The molecule has 2 aromatic carbocycles. The Balaban J connectivity index is 0.000000161. The van der Waals surface area contributed by atoms with Crippen LogP contribution in [0, 0.1) is 11.8 Å². The second kappa shape index (κ2) is 9.23. The zero-order valence-corrected chi connectivity index (χ0v) is 18.9. The Morgan fingerprint density at radius 3 is 1.43 bits per heavy atom. The van der Waals surface area contributed by atoms with E-state index in [0.717, 1.165) is 21.8 Å². The molecule has 2 aromatic rings. The summed E-state index contributed by atoms with van der Waals surface area (Å²) in [4.78, 5) is 22.5. The molecule has 2 fully saturated rings. The summed E-state index contributed by atoms with van der Waals surface area (Å²) in [6, 6.07) is 16.0. The van der Waals surface area contributed by atoms with Crippen molar-refractivity contribution in [3.05, 3.63) is 68.6 Å². The first-order valence-corrected chi connectivity index (χ1v) is 10.7. The minimum absolute atomic E-state index is 0.0682. The van der Waals surface area contributed by atoms with Gasteiger partial charge in [-0.15, -0.1) is 0 Å². The molecule has 0 heterocycles. The van der Waals surface area contributed by atoms with Crippen molar-refractivity contribution in [3.8, 4) is 0 Å². The fourth-order valence-electron chi connectivity index (χ4n) is 3.45. The molecule has 2 saturated carbocycles. The smallest absolute Gasteiger partial charge is 0.309 e. The van der Waals surface area contributed by atoms with Gasteiger partial charge >= 0.3 is 11.9 Å². The Hall–Kier alpha value is -1.66. The van der Waals surface area contributed by atoms with Crippen LogP contribution in [-0.4, -0.2) is 26.2 Å². The number of hydrogen-bond acceptors (Lipinski definition) is 4. The molecule has 28 heavy (non-hydrogen) atoms.